The van der Waals surface area contributed by atoms with E-state index in [9.17, 15) is 9.18 Å². The number of benzene rings is 1. The van der Waals surface area contributed by atoms with Gasteiger partial charge in [-0.05, 0) is 50.3 Å². The molecule has 1 unspecified atom stereocenters. The maximum Gasteiger partial charge on any atom is 0.303 e. The number of alkyl halides is 3. The van der Waals surface area contributed by atoms with Crippen LogP contribution >= 0.6 is 31.9 Å². The molecule has 94 valence electrons. The van der Waals surface area contributed by atoms with Crippen molar-refractivity contribution in [3.8, 4) is 0 Å². The Morgan fingerprint density at radius 3 is 2.47 bits per heavy atom. The van der Waals surface area contributed by atoms with Crippen molar-refractivity contribution in [3.63, 3.8) is 0 Å². The fraction of sp³-hybridized carbons (Fsp3) is 0.417. The van der Waals surface area contributed by atoms with Crippen LogP contribution in [0.5, 0.6) is 0 Å². The first kappa shape index (κ1) is 14.6. The van der Waals surface area contributed by atoms with E-state index < -0.39 is 15.6 Å². The lowest BCUT2D eigenvalue weighted by Gasteiger charge is -2.23. The van der Waals surface area contributed by atoms with E-state index >= 15 is 0 Å². The number of carbonyl (C=O) groups excluding carboxylic acids is 1. The van der Waals surface area contributed by atoms with Crippen LogP contribution in [-0.4, -0.2) is 15.6 Å². The zero-order chi connectivity index (χ0) is 12.9. The Labute approximate surface area is 117 Å². The average Bonchev–Trinajstić information content (AvgIpc) is 2.23. The highest BCUT2D eigenvalue weighted by Gasteiger charge is 2.35. The molecule has 0 radical (unpaired) electrons. The Balaban J connectivity index is 2.59. The molecule has 1 aromatic carbocycles. The zero-order valence-electron chi connectivity index (χ0n) is 9.33. The summed E-state index contributed by atoms with van der Waals surface area (Å²) in [6.07, 6.45) is 0.179. The first-order chi connectivity index (χ1) is 7.89. The number of aryl methyl sites for hydroxylation is 1. The molecule has 5 heteroatoms. The topological polar surface area (TPSA) is 26.3 Å². The maximum atomic E-state index is 13.7. The summed E-state index contributed by atoms with van der Waals surface area (Å²) >= 11 is 5.64. The van der Waals surface area contributed by atoms with Gasteiger partial charge in [-0.3, -0.25) is 4.79 Å². The van der Waals surface area contributed by atoms with Crippen LogP contribution in [0.2, 0.25) is 0 Å². The average molecular weight is 368 g/mol. The summed E-state index contributed by atoms with van der Waals surface area (Å²) < 4.78 is 16.7. The molecule has 1 aromatic rings. The van der Waals surface area contributed by atoms with Crippen LogP contribution in [0, 0.1) is 0 Å². The Morgan fingerprint density at radius 1 is 1.41 bits per heavy atom. The molecule has 0 aliphatic rings. The third kappa shape index (κ3) is 5.64. The van der Waals surface area contributed by atoms with Crippen LogP contribution in [-0.2, 0) is 16.0 Å². The van der Waals surface area contributed by atoms with Crippen molar-refractivity contribution in [3.05, 3.63) is 35.9 Å². The second-order valence-electron chi connectivity index (χ2n) is 3.66. The van der Waals surface area contributed by atoms with E-state index in [1.165, 1.54) is 6.92 Å². The number of hydrogen-bond donors (Lipinski definition) is 0. The van der Waals surface area contributed by atoms with Crippen LogP contribution in [0.3, 0.4) is 0 Å². The Hall–Kier alpha value is -0.420. The van der Waals surface area contributed by atoms with E-state index in [-0.39, 0.29) is 0 Å². The van der Waals surface area contributed by atoms with Gasteiger partial charge in [-0.1, -0.05) is 30.3 Å². The van der Waals surface area contributed by atoms with Gasteiger partial charge in [-0.15, -0.1) is 0 Å². The smallest absolute Gasteiger partial charge is 0.303 e. The fourth-order valence-corrected chi connectivity index (χ4v) is 2.08. The minimum absolute atomic E-state index is 0.399. The fourth-order valence-electron chi connectivity index (χ4n) is 1.43. The lowest BCUT2D eigenvalue weighted by molar-refractivity contribution is -0.148. The van der Waals surface area contributed by atoms with Gasteiger partial charge in [0, 0.05) is 6.92 Å². The van der Waals surface area contributed by atoms with Crippen molar-refractivity contribution in [2.45, 2.75) is 29.4 Å². The minimum atomic E-state index is -1.89. The molecule has 0 N–H and O–H groups in total. The number of rotatable bonds is 5. The first-order valence-electron chi connectivity index (χ1n) is 5.17. The maximum absolute atomic E-state index is 13.7. The Morgan fingerprint density at radius 2 is 2.00 bits per heavy atom. The van der Waals surface area contributed by atoms with Gasteiger partial charge in [0.2, 0.25) is 0 Å². The number of ether oxygens (including phenoxy) is 1. The largest absolute Gasteiger partial charge is 0.457 e. The predicted molar refractivity (Wildman–Crippen MR) is 72.0 cm³/mol. The highest BCUT2D eigenvalue weighted by molar-refractivity contribution is 9.25. The molecule has 0 amide bonds. The minimum Gasteiger partial charge on any atom is -0.457 e. The van der Waals surface area contributed by atoms with E-state index in [1.807, 2.05) is 30.3 Å². The molecule has 1 atom stereocenters. The van der Waals surface area contributed by atoms with Crippen molar-refractivity contribution in [2.24, 2.45) is 0 Å². The van der Waals surface area contributed by atoms with Crippen LogP contribution in [0.15, 0.2) is 30.3 Å². The molecule has 0 aliphatic heterocycles. The summed E-state index contributed by atoms with van der Waals surface area (Å²) in [6.45, 7) is 1.27. The normalized spacial score (nSPS) is 13.2. The molecular weight excluding hydrogens is 355 g/mol. The summed E-state index contributed by atoms with van der Waals surface area (Å²) in [4.78, 5) is 10.9. The van der Waals surface area contributed by atoms with Crippen LogP contribution in [0.25, 0.3) is 0 Å². The van der Waals surface area contributed by atoms with Crippen LogP contribution in [0.1, 0.15) is 18.9 Å². The molecule has 0 fully saturated rings. The van der Waals surface area contributed by atoms with E-state index in [0.29, 0.717) is 12.8 Å². The summed E-state index contributed by atoms with van der Waals surface area (Å²) in [7, 11) is 0. The molecule has 0 heterocycles. The summed E-state index contributed by atoms with van der Waals surface area (Å²) in [5.74, 6) is -0.496. The molecule has 0 aromatic heterocycles. The Kier molecular flexibility index (Phi) is 5.59. The van der Waals surface area contributed by atoms with E-state index in [1.54, 1.807) is 0 Å². The van der Waals surface area contributed by atoms with Crippen molar-refractivity contribution in [1.29, 1.82) is 0 Å². The number of carbonyl (C=O) groups is 1. The van der Waals surface area contributed by atoms with Gasteiger partial charge in [-0.25, -0.2) is 4.39 Å². The summed E-state index contributed by atoms with van der Waals surface area (Å²) in [5, 5.41) is 0. The molecule has 0 bridgehead atoms. The van der Waals surface area contributed by atoms with Gasteiger partial charge in [0.15, 0.2) is 6.10 Å². The van der Waals surface area contributed by atoms with Crippen molar-refractivity contribution < 1.29 is 13.9 Å². The van der Waals surface area contributed by atoms with Gasteiger partial charge in [0.1, 0.15) is 0 Å². The van der Waals surface area contributed by atoms with Gasteiger partial charge in [-0.2, -0.15) is 0 Å². The highest BCUT2D eigenvalue weighted by Crippen LogP contribution is 2.36. The van der Waals surface area contributed by atoms with Crippen molar-refractivity contribution in [2.75, 3.05) is 0 Å². The predicted octanol–water partition coefficient (Wildman–Crippen LogP) is 3.96. The van der Waals surface area contributed by atoms with Gasteiger partial charge in [0.25, 0.3) is 3.49 Å². The third-order valence-corrected chi connectivity index (χ3v) is 3.23. The second-order valence-corrected chi connectivity index (χ2v) is 7.04. The van der Waals surface area contributed by atoms with Crippen molar-refractivity contribution >= 4 is 37.8 Å². The Bertz CT molecular complexity index is 363. The zero-order valence-corrected chi connectivity index (χ0v) is 12.5. The SMILES string of the molecule is CC(=O)OC(CCc1ccccc1)C(F)(Br)Br. The molecule has 0 saturated heterocycles. The van der Waals surface area contributed by atoms with Crippen LogP contribution < -0.4 is 0 Å². The van der Waals surface area contributed by atoms with Gasteiger partial charge >= 0.3 is 5.97 Å². The second kappa shape index (κ2) is 6.50. The van der Waals surface area contributed by atoms with E-state index in [2.05, 4.69) is 31.9 Å². The third-order valence-electron chi connectivity index (χ3n) is 2.21. The molecular formula is C12H13Br2FO2. The number of esters is 1. The van der Waals surface area contributed by atoms with E-state index in [0.717, 1.165) is 5.56 Å². The molecule has 0 spiro atoms. The quantitative estimate of drug-likeness (QED) is 0.581. The molecule has 0 aliphatic carbocycles. The molecule has 2 nitrogen and oxygen atoms in total. The van der Waals surface area contributed by atoms with Crippen molar-refractivity contribution in [1.82, 2.24) is 0 Å². The molecule has 0 saturated carbocycles. The highest BCUT2D eigenvalue weighted by atomic mass is 79.9. The van der Waals surface area contributed by atoms with Crippen LogP contribution in [0.4, 0.5) is 4.39 Å². The standard InChI is InChI=1S/C12H13Br2FO2/c1-9(16)17-11(12(13,14)15)8-7-10-5-3-2-4-6-10/h2-6,11H,7-8H2,1H3. The monoisotopic (exact) mass is 366 g/mol. The number of hydrogen-bond acceptors (Lipinski definition) is 2. The van der Waals surface area contributed by atoms with E-state index in [4.69, 9.17) is 4.74 Å². The lowest BCUT2D eigenvalue weighted by atomic mass is 10.1. The first-order valence-corrected chi connectivity index (χ1v) is 6.76. The van der Waals surface area contributed by atoms with Gasteiger partial charge in [0.05, 0.1) is 0 Å². The van der Waals surface area contributed by atoms with Gasteiger partial charge < -0.3 is 4.74 Å². The number of halogens is 3. The molecule has 17 heavy (non-hydrogen) atoms. The molecule has 1 rings (SSSR count). The lowest BCUT2D eigenvalue weighted by Crippen LogP contribution is -2.31. The summed E-state index contributed by atoms with van der Waals surface area (Å²) in [5.41, 5.74) is 1.08. The summed E-state index contributed by atoms with van der Waals surface area (Å²) in [6, 6.07) is 9.66.